The Hall–Kier alpha value is -1.91. The smallest absolute Gasteiger partial charge is 0.308 e. The van der Waals surface area contributed by atoms with Gasteiger partial charge in [0.1, 0.15) is 11.6 Å². The minimum Gasteiger partial charge on any atom is -0.466 e. The van der Waals surface area contributed by atoms with E-state index in [1.54, 1.807) is 13.2 Å². The molecule has 3 fully saturated rings. The van der Waals surface area contributed by atoms with E-state index in [1.165, 1.54) is 0 Å². The molecule has 7 heteroatoms. The predicted molar refractivity (Wildman–Crippen MR) is 119 cm³/mol. The molecule has 2 aliphatic carbocycles. The Balaban J connectivity index is 1.50. The fraction of sp³-hybridized carbons (Fsp3) is 0.800. The summed E-state index contributed by atoms with van der Waals surface area (Å²) in [6, 6.07) is 2.00. The van der Waals surface area contributed by atoms with Gasteiger partial charge >= 0.3 is 5.97 Å². The zero-order valence-corrected chi connectivity index (χ0v) is 19.7. The summed E-state index contributed by atoms with van der Waals surface area (Å²) in [5, 5.41) is 12.6. The van der Waals surface area contributed by atoms with Crippen molar-refractivity contribution in [2.75, 3.05) is 13.7 Å². The van der Waals surface area contributed by atoms with Crippen molar-refractivity contribution in [1.29, 1.82) is 5.26 Å². The summed E-state index contributed by atoms with van der Waals surface area (Å²) in [4.78, 5) is 24.7. The van der Waals surface area contributed by atoms with Gasteiger partial charge in [0.15, 0.2) is 0 Å². The first-order chi connectivity index (χ1) is 15.4. The van der Waals surface area contributed by atoms with Crippen molar-refractivity contribution >= 4 is 11.9 Å². The van der Waals surface area contributed by atoms with Crippen LogP contribution in [0.5, 0.6) is 0 Å². The number of hydrogen-bond donors (Lipinski definition) is 1. The molecule has 5 unspecified atom stereocenters. The number of hydrogen-bond acceptors (Lipinski definition) is 6. The standard InChI is InChI=1S/C25H38N2O5/c1-4-31-25(29)18-8-6-17(7-9-18)22-12-10-20(32-22)14-19(15-26)24(28)27-21-11-5-16(2)13-23(21)30-3/h14,16-18,20-23H,4-13H2,1-3H3,(H,27,28)/b19-14-. The zero-order valence-electron chi connectivity index (χ0n) is 19.7. The van der Waals surface area contributed by atoms with Crippen molar-refractivity contribution in [1.82, 2.24) is 5.32 Å². The molecule has 1 aliphatic heterocycles. The third-order valence-corrected chi connectivity index (χ3v) is 7.39. The van der Waals surface area contributed by atoms with Gasteiger partial charge in [-0.05, 0) is 82.6 Å². The molecule has 1 amide bonds. The van der Waals surface area contributed by atoms with Crippen molar-refractivity contribution in [3.05, 3.63) is 11.6 Å². The van der Waals surface area contributed by atoms with Gasteiger partial charge in [-0.2, -0.15) is 5.26 Å². The van der Waals surface area contributed by atoms with E-state index in [0.29, 0.717) is 18.4 Å². The summed E-state index contributed by atoms with van der Waals surface area (Å²) in [6.07, 6.45) is 9.72. The van der Waals surface area contributed by atoms with E-state index >= 15 is 0 Å². The highest BCUT2D eigenvalue weighted by atomic mass is 16.5. The highest BCUT2D eigenvalue weighted by Crippen LogP contribution is 2.37. The molecule has 0 bridgehead atoms. The van der Waals surface area contributed by atoms with Crippen LogP contribution in [0.3, 0.4) is 0 Å². The largest absolute Gasteiger partial charge is 0.466 e. The number of rotatable bonds is 7. The monoisotopic (exact) mass is 446 g/mol. The molecule has 32 heavy (non-hydrogen) atoms. The Kier molecular flexibility index (Phi) is 9.12. The molecular formula is C25H38N2O5. The van der Waals surface area contributed by atoms with Gasteiger partial charge in [-0.25, -0.2) is 0 Å². The van der Waals surface area contributed by atoms with E-state index < -0.39 is 0 Å². The summed E-state index contributed by atoms with van der Waals surface area (Å²) in [5.74, 6) is 0.597. The van der Waals surface area contributed by atoms with Gasteiger partial charge in [0.2, 0.25) is 0 Å². The van der Waals surface area contributed by atoms with Crippen LogP contribution >= 0.6 is 0 Å². The summed E-state index contributed by atoms with van der Waals surface area (Å²) in [6.45, 7) is 4.46. The van der Waals surface area contributed by atoms with Crippen LogP contribution in [-0.4, -0.2) is 49.9 Å². The van der Waals surface area contributed by atoms with E-state index in [9.17, 15) is 14.9 Å². The summed E-state index contributed by atoms with van der Waals surface area (Å²) < 4.78 is 16.9. The Morgan fingerprint density at radius 2 is 1.88 bits per heavy atom. The van der Waals surface area contributed by atoms with Gasteiger partial charge in [-0.15, -0.1) is 0 Å². The van der Waals surface area contributed by atoms with Crippen LogP contribution in [0.2, 0.25) is 0 Å². The first kappa shape index (κ1) is 24.7. The lowest BCUT2D eigenvalue weighted by atomic mass is 9.79. The molecule has 0 radical (unpaired) electrons. The first-order valence-electron chi connectivity index (χ1n) is 12.2. The first-order valence-corrected chi connectivity index (χ1v) is 12.2. The number of carbonyl (C=O) groups is 2. The van der Waals surface area contributed by atoms with Gasteiger partial charge < -0.3 is 19.5 Å². The second-order valence-electron chi connectivity index (χ2n) is 9.62. The predicted octanol–water partition coefficient (Wildman–Crippen LogP) is 3.67. The third kappa shape index (κ3) is 6.32. The van der Waals surface area contributed by atoms with Crippen LogP contribution in [0.25, 0.3) is 0 Å². The number of methoxy groups -OCH3 is 1. The lowest BCUT2D eigenvalue weighted by Gasteiger charge is -2.34. The molecule has 0 spiro atoms. The molecule has 0 aromatic carbocycles. The lowest BCUT2D eigenvalue weighted by Crippen LogP contribution is -2.47. The Morgan fingerprint density at radius 1 is 1.12 bits per heavy atom. The van der Waals surface area contributed by atoms with Gasteiger partial charge in [-0.1, -0.05) is 6.92 Å². The minimum atomic E-state index is -0.337. The van der Waals surface area contributed by atoms with Crippen LogP contribution in [0, 0.1) is 29.1 Å². The van der Waals surface area contributed by atoms with Gasteiger partial charge in [0.25, 0.3) is 5.91 Å². The average Bonchev–Trinajstić information content (AvgIpc) is 3.27. The number of nitrogens with one attached hydrogen (secondary N) is 1. The molecule has 7 nitrogen and oxygen atoms in total. The maximum absolute atomic E-state index is 12.8. The zero-order chi connectivity index (χ0) is 23.1. The van der Waals surface area contributed by atoms with Crippen LogP contribution in [-0.2, 0) is 23.8 Å². The molecule has 3 aliphatic rings. The summed E-state index contributed by atoms with van der Waals surface area (Å²) in [7, 11) is 1.68. The molecule has 0 aromatic heterocycles. The maximum atomic E-state index is 12.8. The minimum absolute atomic E-state index is 0.0101. The summed E-state index contributed by atoms with van der Waals surface area (Å²) in [5.41, 5.74) is 0.121. The lowest BCUT2D eigenvalue weighted by molar-refractivity contribution is -0.149. The van der Waals surface area contributed by atoms with E-state index in [2.05, 4.69) is 18.3 Å². The third-order valence-electron chi connectivity index (χ3n) is 7.39. The topological polar surface area (TPSA) is 97.7 Å². The molecule has 1 saturated heterocycles. The number of carbonyl (C=O) groups excluding carboxylic acids is 2. The SMILES string of the molecule is CCOC(=O)C1CCC(C2CCC(/C=C(/C#N)C(=O)NC3CCC(C)CC3OC)O2)CC1. The summed E-state index contributed by atoms with van der Waals surface area (Å²) >= 11 is 0. The number of esters is 1. The molecule has 5 atom stereocenters. The van der Waals surface area contributed by atoms with Crippen molar-refractivity contribution in [2.24, 2.45) is 17.8 Å². The van der Waals surface area contributed by atoms with Crippen molar-refractivity contribution in [3.63, 3.8) is 0 Å². The normalized spacial score (nSPS) is 35.7. The fourth-order valence-corrected chi connectivity index (χ4v) is 5.50. The molecule has 2 saturated carbocycles. The van der Waals surface area contributed by atoms with E-state index in [-0.39, 0.29) is 47.7 Å². The number of ether oxygens (including phenoxy) is 3. The number of nitrogens with zero attached hydrogens (tertiary/aromatic N) is 1. The number of amides is 1. The van der Waals surface area contributed by atoms with Crippen LogP contribution in [0.4, 0.5) is 0 Å². The molecule has 178 valence electrons. The second-order valence-corrected chi connectivity index (χ2v) is 9.62. The highest BCUT2D eigenvalue weighted by Gasteiger charge is 2.36. The van der Waals surface area contributed by atoms with E-state index in [4.69, 9.17) is 14.2 Å². The Bertz CT molecular complexity index is 722. The van der Waals surface area contributed by atoms with Gasteiger partial charge in [0, 0.05) is 7.11 Å². The van der Waals surface area contributed by atoms with Gasteiger partial charge in [-0.3, -0.25) is 9.59 Å². The molecule has 3 rings (SSSR count). The van der Waals surface area contributed by atoms with Crippen LogP contribution < -0.4 is 5.32 Å². The second kappa shape index (κ2) is 11.8. The molecule has 1 heterocycles. The van der Waals surface area contributed by atoms with E-state index in [1.807, 2.05) is 6.92 Å². The Labute approximate surface area is 191 Å². The highest BCUT2D eigenvalue weighted by molar-refractivity contribution is 5.97. The van der Waals surface area contributed by atoms with Crippen molar-refractivity contribution < 1.29 is 23.8 Å². The van der Waals surface area contributed by atoms with Crippen molar-refractivity contribution in [2.45, 2.75) is 96.0 Å². The van der Waals surface area contributed by atoms with Crippen molar-refractivity contribution in [3.8, 4) is 6.07 Å². The van der Waals surface area contributed by atoms with E-state index in [0.717, 1.165) is 57.8 Å². The molecule has 1 N–H and O–H groups in total. The number of nitriles is 1. The van der Waals surface area contributed by atoms with Crippen LogP contribution in [0.1, 0.15) is 71.6 Å². The maximum Gasteiger partial charge on any atom is 0.308 e. The quantitative estimate of drug-likeness (QED) is 0.364. The molecule has 0 aromatic rings. The Morgan fingerprint density at radius 3 is 2.53 bits per heavy atom. The fourth-order valence-electron chi connectivity index (χ4n) is 5.50. The molecular weight excluding hydrogens is 408 g/mol. The van der Waals surface area contributed by atoms with Crippen LogP contribution in [0.15, 0.2) is 11.6 Å². The average molecular weight is 447 g/mol. The van der Waals surface area contributed by atoms with Gasteiger partial charge in [0.05, 0.1) is 36.9 Å².